The number of benzene rings is 2. The van der Waals surface area contributed by atoms with Crippen molar-refractivity contribution in [3.63, 3.8) is 0 Å². The molecule has 1 unspecified atom stereocenters. The van der Waals surface area contributed by atoms with Crippen LogP contribution in [-0.2, 0) is 6.42 Å². The first-order valence-electron chi connectivity index (χ1n) is 6.68. The molecule has 106 valence electrons. The van der Waals surface area contributed by atoms with Crippen LogP contribution in [0.5, 0.6) is 0 Å². The zero-order valence-electron chi connectivity index (χ0n) is 11.3. The Labute approximate surface area is 130 Å². The smallest absolute Gasteiger partial charge is 0.123 e. The van der Waals surface area contributed by atoms with Crippen molar-refractivity contribution in [3.05, 3.63) is 76.1 Å². The van der Waals surface area contributed by atoms with Crippen LogP contribution in [0.1, 0.15) is 17.2 Å². The maximum absolute atomic E-state index is 13.4. The summed E-state index contributed by atoms with van der Waals surface area (Å²) in [6, 6.07) is 14.3. The average molecular weight is 345 g/mol. The Morgan fingerprint density at radius 1 is 1.14 bits per heavy atom. The van der Waals surface area contributed by atoms with Gasteiger partial charge in [0.05, 0.1) is 5.52 Å². The highest BCUT2D eigenvalue weighted by Gasteiger charge is 2.13. The zero-order chi connectivity index (χ0) is 14.8. The van der Waals surface area contributed by atoms with E-state index in [2.05, 4.69) is 20.9 Å². The summed E-state index contributed by atoms with van der Waals surface area (Å²) in [5, 5.41) is 1.06. The molecule has 2 N–H and O–H groups in total. The van der Waals surface area contributed by atoms with E-state index in [0.717, 1.165) is 26.5 Å². The first kappa shape index (κ1) is 14.2. The number of nitrogens with zero attached hydrogens (tertiary/aromatic N) is 1. The Hall–Kier alpha value is -1.78. The van der Waals surface area contributed by atoms with Gasteiger partial charge in [-0.3, -0.25) is 4.98 Å². The van der Waals surface area contributed by atoms with Gasteiger partial charge in [0.15, 0.2) is 0 Å². The number of hydrogen-bond donors (Lipinski definition) is 1. The molecule has 0 fully saturated rings. The summed E-state index contributed by atoms with van der Waals surface area (Å²) in [7, 11) is 0. The fraction of sp³-hybridized carbons (Fsp3) is 0.118. The SMILES string of the molecule is NC(Cc1cc(F)ccc1Br)c1cccc2cccnc12. The summed E-state index contributed by atoms with van der Waals surface area (Å²) in [5.74, 6) is -0.253. The molecule has 3 rings (SSSR count). The normalized spacial score (nSPS) is 12.5. The van der Waals surface area contributed by atoms with Crippen LogP contribution in [0.15, 0.2) is 59.2 Å². The Morgan fingerprint density at radius 3 is 2.81 bits per heavy atom. The summed E-state index contributed by atoms with van der Waals surface area (Å²) >= 11 is 3.44. The summed E-state index contributed by atoms with van der Waals surface area (Å²) < 4.78 is 14.2. The second-order valence-corrected chi connectivity index (χ2v) is 5.82. The number of pyridine rings is 1. The van der Waals surface area contributed by atoms with Crippen LogP contribution < -0.4 is 5.73 Å². The predicted molar refractivity (Wildman–Crippen MR) is 86.5 cm³/mol. The minimum atomic E-state index is -0.253. The maximum Gasteiger partial charge on any atom is 0.123 e. The molecule has 1 heterocycles. The average Bonchev–Trinajstić information content (AvgIpc) is 2.50. The maximum atomic E-state index is 13.4. The molecule has 0 radical (unpaired) electrons. The molecule has 0 aliphatic heterocycles. The molecule has 0 bridgehead atoms. The third-order valence-corrected chi connectivity index (χ3v) is 4.28. The zero-order valence-corrected chi connectivity index (χ0v) is 12.8. The van der Waals surface area contributed by atoms with Gasteiger partial charge in [-0.1, -0.05) is 40.2 Å². The third-order valence-electron chi connectivity index (χ3n) is 3.51. The van der Waals surface area contributed by atoms with Crippen LogP contribution in [0.2, 0.25) is 0 Å². The van der Waals surface area contributed by atoms with E-state index >= 15 is 0 Å². The first-order valence-corrected chi connectivity index (χ1v) is 7.47. The number of halogens is 2. The van der Waals surface area contributed by atoms with Crippen LogP contribution in [0.25, 0.3) is 10.9 Å². The van der Waals surface area contributed by atoms with Gasteiger partial charge in [0.25, 0.3) is 0 Å². The van der Waals surface area contributed by atoms with Crippen molar-refractivity contribution in [2.75, 3.05) is 0 Å². The van der Waals surface area contributed by atoms with Crippen molar-refractivity contribution in [3.8, 4) is 0 Å². The molecular weight excluding hydrogens is 331 g/mol. The number of para-hydroxylation sites is 1. The lowest BCUT2D eigenvalue weighted by molar-refractivity contribution is 0.621. The molecule has 0 saturated carbocycles. The largest absolute Gasteiger partial charge is 0.324 e. The second-order valence-electron chi connectivity index (χ2n) is 4.97. The van der Waals surface area contributed by atoms with Gasteiger partial charge in [0.1, 0.15) is 5.82 Å². The number of fused-ring (bicyclic) bond motifs is 1. The van der Waals surface area contributed by atoms with E-state index < -0.39 is 0 Å². The summed E-state index contributed by atoms with van der Waals surface area (Å²) in [5.41, 5.74) is 9.06. The van der Waals surface area contributed by atoms with Crippen molar-refractivity contribution < 1.29 is 4.39 Å². The van der Waals surface area contributed by atoms with E-state index in [4.69, 9.17) is 5.73 Å². The van der Waals surface area contributed by atoms with Crippen molar-refractivity contribution in [1.82, 2.24) is 4.98 Å². The van der Waals surface area contributed by atoms with Crippen LogP contribution in [0, 0.1) is 5.82 Å². The van der Waals surface area contributed by atoms with Gasteiger partial charge in [-0.05, 0) is 41.8 Å². The fourth-order valence-corrected chi connectivity index (χ4v) is 2.88. The van der Waals surface area contributed by atoms with Gasteiger partial charge in [-0.25, -0.2) is 4.39 Å². The molecule has 2 aromatic carbocycles. The highest BCUT2D eigenvalue weighted by Crippen LogP contribution is 2.26. The van der Waals surface area contributed by atoms with E-state index in [0.29, 0.717) is 6.42 Å². The number of nitrogens with two attached hydrogens (primary N) is 1. The summed E-state index contributed by atoms with van der Waals surface area (Å²) in [4.78, 5) is 4.42. The number of aromatic nitrogens is 1. The molecule has 3 aromatic rings. The highest BCUT2D eigenvalue weighted by atomic mass is 79.9. The van der Waals surface area contributed by atoms with E-state index in [-0.39, 0.29) is 11.9 Å². The lowest BCUT2D eigenvalue weighted by Gasteiger charge is -2.15. The van der Waals surface area contributed by atoms with Gasteiger partial charge in [0.2, 0.25) is 0 Å². The summed E-state index contributed by atoms with van der Waals surface area (Å²) in [6.07, 6.45) is 2.31. The van der Waals surface area contributed by atoms with E-state index in [1.807, 2.05) is 30.3 Å². The lowest BCUT2D eigenvalue weighted by atomic mass is 9.97. The quantitative estimate of drug-likeness (QED) is 0.765. The molecule has 21 heavy (non-hydrogen) atoms. The van der Waals surface area contributed by atoms with Gasteiger partial charge in [0, 0.05) is 22.1 Å². The molecule has 0 spiro atoms. The first-order chi connectivity index (χ1) is 10.1. The van der Waals surface area contributed by atoms with Crippen molar-refractivity contribution in [2.45, 2.75) is 12.5 Å². The van der Waals surface area contributed by atoms with Crippen LogP contribution >= 0.6 is 15.9 Å². The molecular formula is C17H14BrFN2. The van der Waals surface area contributed by atoms with Crippen LogP contribution in [0.4, 0.5) is 4.39 Å². The topological polar surface area (TPSA) is 38.9 Å². The highest BCUT2D eigenvalue weighted by molar-refractivity contribution is 9.10. The third kappa shape index (κ3) is 2.96. The van der Waals surface area contributed by atoms with Gasteiger partial charge >= 0.3 is 0 Å². The molecule has 1 aromatic heterocycles. The number of rotatable bonds is 3. The van der Waals surface area contributed by atoms with Gasteiger partial charge < -0.3 is 5.73 Å². The second kappa shape index (κ2) is 5.92. The summed E-state index contributed by atoms with van der Waals surface area (Å²) in [6.45, 7) is 0. The molecule has 0 amide bonds. The molecule has 0 saturated heterocycles. The molecule has 0 aliphatic carbocycles. The van der Waals surface area contributed by atoms with Crippen LogP contribution in [-0.4, -0.2) is 4.98 Å². The Balaban J connectivity index is 1.97. The Morgan fingerprint density at radius 2 is 1.95 bits per heavy atom. The molecule has 0 aliphatic rings. The minimum absolute atomic E-state index is 0.235. The van der Waals surface area contributed by atoms with Crippen molar-refractivity contribution in [2.24, 2.45) is 5.73 Å². The molecule has 2 nitrogen and oxygen atoms in total. The van der Waals surface area contributed by atoms with Crippen LogP contribution in [0.3, 0.4) is 0 Å². The van der Waals surface area contributed by atoms with Crippen molar-refractivity contribution >= 4 is 26.8 Å². The Kier molecular flexibility index (Phi) is 3.99. The standard InChI is InChI=1S/C17H14BrFN2/c18-15-7-6-13(19)9-12(15)10-16(20)14-5-1-3-11-4-2-8-21-17(11)14/h1-9,16H,10,20H2. The monoisotopic (exact) mass is 344 g/mol. The number of hydrogen-bond acceptors (Lipinski definition) is 2. The predicted octanol–water partition coefficient (Wildman–Crippen LogP) is 4.38. The van der Waals surface area contributed by atoms with E-state index in [1.54, 1.807) is 12.3 Å². The van der Waals surface area contributed by atoms with E-state index in [9.17, 15) is 4.39 Å². The lowest BCUT2D eigenvalue weighted by Crippen LogP contribution is -2.14. The fourth-order valence-electron chi connectivity index (χ4n) is 2.47. The van der Waals surface area contributed by atoms with Gasteiger partial charge in [-0.2, -0.15) is 0 Å². The molecule has 4 heteroatoms. The van der Waals surface area contributed by atoms with E-state index in [1.165, 1.54) is 12.1 Å². The van der Waals surface area contributed by atoms with Crippen molar-refractivity contribution in [1.29, 1.82) is 0 Å². The molecule has 1 atom stereocenters. The Bertz CT molecular complexity index is 783. The van der Waals surface area contributed by atoms with Gasteiger partial charge in [-0.15, -0.1) is 0 Å². The minimum Gasteiger partial charge on any atom is -0.324 e.